The molecule has 3 aromatic carbocycles. The maximum absolute atomic E-state index is 13.7. The van der Waals surface area contributed by atoms with Gasteiger partial charge in [0.2, 0.25) is 0 Å². The van der Waals surface area contributed by atoms with Crippen molar-refractivity contribution >= 4 is 23.2 Å². The van der Waals surface area contributed by atoms with Crippen molar-refractivity contribution in [2.24, 2.45) is 0 Å². The van der Waals surface area contributed by atoms with Gasteiger partial charge in [0.25, 0.3) is 11.8 Å². The fourth-order valence-corrected chi connectivity index (χ4v) is 3.60. The molecule has 6 nitrogen and oxygen atoms in total. The Morgan fingerprint density at radius 1 is 0.941 bits per heavy atom. The van der Waals surface area contributed by atoms with E-state index in [9.17, 15) is 14.0 Å². The van der Waals surface area contributed by atoms with Crippen LogP contribution in [0, 0.1) is 5.82 Å². The molecule has 0 radical (unpaired) electrons. The number of carbonyl (C=O) groups excluding carboxylic acids is 2. The zero-order valence-electron chi connectivity index (χ0n) is 18.6. The Morgan fingerprint density at radius 2 is 1.65 bits per heavy atom. The number of anilines is 2. The smallest absolute Gasteiger partial charge is 0.279 e. The van der Waals surface area contributed by atoms with Gasteiger partial charge < -0.3 is 5.32 Å². The van der Waals surface area contributed by atoms with Crippen molar-refractivity contribution in [3.05, 3.63) is 120 Å². The largest absolute Gasteiger partial charge is 0.324 e. The molecule has 0 fully saturated rings. The number of para-hydroxylation sites is 1. The highest BCUT2D eigenvalue weighted by Crippen LogP contribution is 2.30. The van der Waals surface area contributed by atoms with Gasteiger partial charge >= 0.3 is 0 Å². The number of aryl methyl sites for hydroxylation is 1. The Morgan fingerprint density at radius 3 is 2.26 bits per heavy atom. The van der Waals surface area contributed by atoms with Crippen molar-refractivity contribution in [1.29, 1.82) is 0 Å². The Labute approximate surface area is 197 Å². The van der Waals surface area contributed by atoms with Crippen LogP contribution < -0.4 is 10.2 Å². The molecule has 1 unspecified atom stereocenters. The molecule has 0 saturated carbocycles. The van der Waals surface area contributed by atoms with Crippen molar-refractivity contribution in [2.75, 3.05) is 10.2 Å². The molecule has 1 aromatic heterocycles. The van der Waals surface area contributed by atoms with E-state index in [4.69, 9.17) is 0 Å². The van der Waals surface area contributed by atoms with Gasteiger partial charge in [-0.3, -0.25) is 19.5 Å². The van der Waals surface area contributed by atoms with Crippen LogP contribution in [0.2, 0.25) is 0 Å². The van der Waals surface area contributed by atoms with Crippen molar-refractivity contribution < 1.29 is 14.0 Å². The molecule has 1 heterocycles. The van der Waals surface area contributed by atoms with Crippen LogP contribution in [0.1, 0.15) is 34.6 Å². The predicted octanol–water partition coefficient (Wildman–Crippen LogP) is 5.20. The summed E-state index contributed by atoms with van der Waals surface area (Å²) in [5.74, 6) is -1.33. The van der Waals surface area contributed by atoms with Gasteiger partial charge in [-0.15, -0.1) is 0 Å². The lowest BCUT2D eigenvalue weighted by atomic mass is 10.00. The maximum atomic E-state index is 13.7. The topological polar surface area (TPSA) is 75.2 Å². The molecule has 7 heteroatoms. The van der Waals surface area contributed by atoms with Crippen molar-refractivity contribution in [1.82, 2.24) is 9.97 Å². The number of hydrogen-bond acceptors (Lipinski definition) is 4. The molecule has 2 amide bonds. The molecule has 0 bridgehead atoms. The summed E-state index contributed by atoms with van der Waals surface area (Å²) in [5, 5.41) is 2.82. The molecule has 0 saturated heterocycles. The van der Waals surface area contributed by atoms with Gasteiger partial charge in [-0.25, -0.2) is 9.37 Å². The molecule has 0 aliphatic rings. The van der Waals surface area contributed by atoms with Crippen LogP contribution in [0.5, 0.6) is 0 Å². The van der Waals surface area contributed by atoms with Gasteiger partial charge in [-0.2, -0.15) is 0 Å². The van der Waals surface area contributed by atoms with Crippen LogP contribution in [0.3, 0.4) is 0 Å². The summed E-state index contributed by atoms with van der Waals surface area (Å²) in [6, 6.07) is 20.9. The normalized spacial score (nSPS) is 11.5. The second kappa shape index (κ2) is 10.5. The minimum absolute atomic E-state index is 0.108. The number of nitrogens with zero attached hydrogens (tertiary/aromatic N) is 3. The number of hydrogen-bond donors (Lipinski definition) is 1. The molecule has 0 aliphatic heterocycles. The predicted molar refractivity (Wildman–Crippen MR) is 129 cm³/mol. The molecular weight excluding hydrogens is 431 g/mol. The van der Waals surface area contributed by atoms with Crippen LogP contribution >= 0.6 is 0 Å². The molecule has 4 rings (SSSR count). The molecular formula is C27H23FN4O2. The van der Waals surface area contributed by atoms with Gasteiger partial charge in [0.1, 0.15) is 17.6 Å². The first-order valence-electron chi connectivity index (χ1n) is 10.9. The van der Waals surface area contributed by atoms with Crippen molar-refractivity contribution in [2.45, 2.75) is 19.4 Å². The van der Waals surface area contributed by atoms with Crippen LogP contribution in [0.4, 0.5) is 15.8 Å². The van der Waals surface area contributed by atoms with E-state index in [2.05, 4.69) is 15.3 Å². The monoisotopic (exact) mass is 454 g/mol. The molecule has 4 aromatic rings. The van der Waals surface area contributed by atoms with Gasteiger partial charge in [-0.05, 0) is 53.9 Å². The lowest BCUT2D eigenvalue weighted by Gasteiger charge is -2.31. The summed E-state index contributed by atoms with van der Waals surface area (Å²) in [6.07, 6.45) is 5.12. The van der Waals surface area contributed by atoms with Crippen LogP contribution in [-0.4, -0.2) is 21.8 Å². The molecule has 34 heavy (non-hydrogen) atoms. The number of aromatic nitrogens is 2. The van der Waals surface area contributed by atoms with E-state index in [-0.39, 0.29) is 5.69 Å². The minimum atomic E-state index is -1.02. The highest BCUT2D eigenvalue weighted by Gasteiger charge is 2.34. The SMILES string of the molecule is CCc1ccc(C(C(=O)Nc2ccc(F)cc2)N(C(=O)c2cnccn2)c2ccccc2)cc1. The van der Waals surface area contributed by atoms with E-state index in [1.807, 2.05) is 37.3 Å². The zero-order chi connectivity index (χ0) is 23.9. The maximum Gasteiger partial charge on any atom is 0.279 e. The van der Waals surface area contributed by atoms with Gasteiger partial charge in [0, 0.05) is 23.8 Å². The molecule has 170 valence electrons. The molecule has 0 spiro atoms. The zero-order valence-corrected chi connectivity index (χ0v) is 18.6. The van der Waals surface area contributed by atoms with E-state index in [0.29, 0.717) is 16.9 Å². The Kier molecular flexibility index (Phi) is 7.03. The van der Waals surface area contributed by atoms with E-state index in [0.717, 1.165) is 12.0 Å². The summed E-state index contributed by atoms with van der Waals surface area (Å²) in [7, 11) is 0. The average molecular weight is 455 g/mol. The molecule has 0 aliphatic carbocycles. The Balaban J connectivity index is 1.82. The van der Waals surface area contributed by atoms with Crippen LogP contribution in [0.15, 0.2) is 97.5 Å². The third-order valence-corrected chi connectivity index (χ3v) is 5.36. The van der Waals surface area contributed by atoms with Crippen LogP contribution in [0.25, 0.3) is 0 Å². The Bertz CT molecular complexity index is 1250. The number of amides is 2. The van der Waals surface area contributed by atoms with Gasteiger partial charge in [-0.1, -0.05) is 49.4 Å². The van der Waals surface area contributed by atoms with Crippen molar-refractivity contribution in [3.63, 3.8) is 0 Å². The highest BCUT2D eigenvalue weighted by molar-refractivity contribution is 6.11. The Hall–Kier alpha value is -4.39. The second-order valence-corrected chi connectivity index (χ2v) is 7.60. The van der Waals surface area contributed by atoms with E-state index in [1.165, 1.54) is 47.8 Å². The lowest BCUT2D eigenvalue weighted by Crippen LogP contribution is -2.42. The molecule has 1 N–H and O–H groups in total. The third kappa shape index (κ3) is 5.15. The number of carbonyl (C=O) groups is 2. The standard InChI is InChI=1S/C27H23FN4O2/c1-2-19-8-10-20(11-9-19)25(26(33)31-22-14-12-21(28)13-15-22)32(23-6-4-3-5-7-23)27(34)24-18-29-16-17-30-24/h3-18,25H,2H2,1H3,(H,31,33). The average Bonchev–Trinajstić information content (AvgIpc) is 2.89. The third-order valence-electron chi connectivity index (χ3n) is 5.36. The molecule has 1 atom stereocenters. The first-order valence-corrected chi connectivity index (χ1v) is 10.9. The summed E-state index contributed by atoms with van der Waals surface area (Å²) >= 11 is 0. The fraction of sp³-hybridized carbons (Fsp3) is 0.111. The first kappa shape index (κ1) is 22.8. The van der Waals surface area contributed by atoms with Crippen molar-refractivity contribution in [3.8, 4) is 0 Å². The lowest BCUT2D eigenvalue weighted by molar-refractivity contribution is -0.117. The quantitative estimate of drug-likeness (QED) is 0.416. The number of rotatable bonds is 7. The summed E-state index contributed by atoms with van der Waals surface area (Å²) in [5.41, 5.74) is 2.78. The van der Waals surface area contributed by atoms with Gasteiger partial charge in [0.05, 0.1) is 6.20 Å². The van der Waals surface area contributed by atoms with Crippen LogP contribution in [-0.2, 0) is 11.2 Å². The number of benzene rings is 3. The number of nitrogens with one attached hydrogen (secondary N) is 1. The minimum Gasteiger partial charge on any atom is -0.324 e. The van der Waals surface area contributed by atoms with E-state index >= 15 is 0 Å². The van der Waals surface area contributed by atoms with E-state index in [1.54, 1.807) is 24.3 Å². The fourth-order valence-electron chi connectivity index (χ4n) is 3.60. The van der Waals surface area contributed by atoms with Gasteiger partial charge in [0.15, 0.2) is 0 Å². The summed E-state index contributed by atoms with van der Waals surface area (Å²) in [4.78, 5) is 36.9. The second-order valence-electron chi connectivity index (χ2n) is 7.60. The first-order chi connectivity index (χ1) is 16.6. The summed E-state index contributed by atoms with van der Waals surface area (Å²) < 4.78 is 13.4. The summed E-state index contributed by atoms with van der Waals surface area (Å²) in [6.45, 7) is 2.04. The highest BCUT2D eigenvalue weighted by atomic mass is 19.1. The number of halogens is 1. The van der Waals surface area contributed by atoms with E-state index < -0.39 is 23.7 Å².